The average molecular weight is 168 g/mol. The van der Waals surface area contributed by atoms with Crippen molar-refractivity contribution in [1.82, 2.24) is 4.90 Å². The number of hydrogen-bond donors (Lipinski definition) is 0. The molecule has 12 heavy (non-hydrogen) atoms. The molecule has 2 nitrogen and oxygen atoms in total. The minimum Gasteiger partial charge on any atom is -0.340 e. The fourth-order valence-corrected chi connectivity index (χ4v) is 0.770. The van der Waals surface area contributed by atoms with Gasteiger partial charge in [-0.05, 0) is 26.8 Å². The van der Waals surface area contributed by atoms with E-state index in [1.165, 1.54) is 0 Å². The van der Waals surface area contributed by atoms with E-state index < -0.39 is 0 Å². The Balaban J connectivity index is 0.000000561. The average Bonchev–Trinajstić information content (AvgIpc) is 2.08. The van der Waals surface area contributed by atoms with Gasteiger partial charge in [0, 0.05) is 12.7 Å². The summed E-state index contributed by atoms with van der Waals surface area (Å²) in [7, 11) is 0. The van der Waals surface area contributed by atoms with Gasteiger partial charge in [0.1, 0.15) is 0 Å². The summed E-state index contributed by atoms with van der Waals surface area (Å²) >= 11 is 0. The minimum absolute atomic E-state index is 0.00562. The predicted molar refractivity (Wildman–Crippen MR) is 55.4 cm³/mol. The Morgan fingerprint density at radius 2 is 1.92 bits per heavy atom. The molecule has 1 heterocycles. The molecule has 0 radical (unpaired) electrons. The van der Waals surface area contributed by atoms with Crippen molar-refractivity contribution in [3.63, 3.8) is 0 Å². The molecule has 0 amide bonds. The van der Waals surface area contributed by atoms with Crippen molar-refractivity contribution in [1.29, 1.82) is 0 Å². The van der Waals surface area contributed by atoms with E-state index in [0.29, 0.717) is 0 Å². The van der Waals surface area contributed by atoms with Crippen LogP contribution in [0.25, 0.3) is 0 Å². The molecule has 0 aliphatic carbocycles. The van der Waals surface area contributed by atoms with Crippen molar-refractivity contribution in [2.75, 3.05) is 6.54 Å². The van der Waals surface area contributed by atoms with Crippen molar-refractivity contribution in [2.45, 2.75) is 40.2 Å². The Morgan fingerprint density at radius 1 is 1.33 bits per heavy atom. The molecule has 0 N–H and O–H groups in total. The minimum atomic E-state index is 0.00562. The predicted octanol–water partition coefficient (Wildman–Crippen LogP) is 2.67. The Labute approximate surface area is 76.0 Å². The van der Waals surface area contributed by atoms with Gasteiger partial charge in [0.25, 0.3) is 0 Å². The first kappa shape index (κ1) is 11.2. The molecule has 0 aromatic carbocycles. The van der Waals surface area contributed by atoms with Gasteiger partial charge < -0.3 is 4.90 Å². The molecule has 0 atom stereocenters. The lowest BCUT2D eigenvalue weighted by molar-refractivity contribution is 0.540. The molecule has 70 valence electrons. The van der Waals surface area contributed by atoms with Crippen LogP contribution in [0.4, 0.5) is 0 Å². The fourth-order valence-electron chi connectivity index (χ4n) is 0.770. The van der Waals surface area contributed by atoms with Crippen molar-refractivity contribution >= 4 is 6.34 Å². The van der Waals surface area contributed by atoms with E-state index in [-0.39, 0.29) is 5.54 Å². The molecule has 0 unspecified atom stereocenters. The molecular weight excluding hydrogens is 148 g/mol. The van der Waals surface area contributed by atoms with Crippen LogP contribution in [-0.4, -0.2) is 23.3 Å². The first-order valence-electron chi connectivity index (χ1n) is 4.64. The summed E-state index contributed by atoms with van der Waals surface area (Å²) in [5.41, 5.74) is 0.00562. The van der Waals surface area contributed by atoms with Gasteiger partial charge in [-0.25, -0.2) is 0 Å². The van der Waals surface area contributed by atoms with Crippen molar-refractivity contribution in [2.24, 2.45) is 4.99 Å². The van der Waals surface area contributed by atoms with E-state index in [1.807, 2.05) is 20.2 Å². The smallest absolute Gasteiger partial charge is 0.0900 e. The first-order chi connectivity index (χ1) is 5.64. The van der Waals surface area contributed by atoms with Gasteiger partial charge in [0.05, 0.1) is 11.9 Å². The van der Waals surface area contributed by atoms with Crippen LogP contribution in [0.5, 0.6) is 0 Å². The van der Waals surface area contributed by atoms with Crippen LogP contribution in [-0.2, 0) is 0 Å². The normalized spacial score (nSPS) is 18.6. The van der Waals surface area contributed by atoms with Crippen LogP contribution in [0, 0.1) is 0 Å². The third-order valence-electron chi connectivity index (χ3n) is 1.58. The van der Waals surface area contributed by atoms with Gasteiger partial charge >= 0.3 is 0 Å². The summed E-state index contributed by atoms with van der Waals surface area (Å²) < 4.78 is 0. The quantitative estimate of drug-likeness (QED) is 0.587. The fraction of sp³-hybridized carbons (Fsp3) is 0.700. The van der Waals surface area contributed by atoms with E-state index in [1.54, 1.807) is 0 Å². The van der Waals surface area contributed by atoms with Crippen LogP contribution in [0.3, 0.4) is 0 Å². The van der Waals surface area contributed by atoms with E-state index in [2.05, 4.69) is 42.9 Å². The van der Waals surface area contributed by atoms with Crippen molar-refractivity contribution in [3.8, 4) is 0 Å². The highest BCUT2D eigenvalue weighted by molar-refractivity contribution is 5.59. The number of nitrogens with zero attached hydrogens (tertiary/aromatic N) is 2. The van der Waals surface area contributed by atoms with Crippen molar-refractivity contribution < 1.29 is 0 Å². The van der Waals surface area contributed by atoms with Gasteiger partial charge in [-0.15, -0.1) is 0 Å². The van der Waals surface area contributed by atoms with E-state index >= 15 is 0 Å². The standard InChI is InChI=1S/C8H14N2.C2H6/c1-4-10-6-5-8(2,3)9-7-10;1-2/h5-7H,4H2,1-3H3;1-2H3. The highest BCUT2D eigenvalue weighted by Crippen LogP contribution is 2.13. The maximum Gasteiger partial charge on any atom is 0.0900 e. The van der Waals surface area contributed by atoms with E-state index in [4.69, 9.17) is 0 Å². The first-order valence-corrected chi connectivity index (χ1v) is 4.64. The molecule has 0 aromatic rings. The molecule has 0 aromatic heterocycles. The Morgan fingerprint density at radius 3 is 2.25 bits per heavy atom. The zero-order valence-corrected chi connectivity index (χ0v) is 8.83. The van der Waals surface area contributed by atoms with Gasteiger partial charge in [0.2, 0.25) is 0 Å². The molecule has 0 saturated heterocycles. The lowest BCUT2D eigenvalue weighted by Crippen LogP contribution is -2.25. The number of aliphatic imine (C=N–C) groups is 1. The van der Waals surface area contributed by atoms with Crippen LogP contribution in [0.15, 0.2) is 17.3 Å². The SMILES string of the molecule is CC.CCN1C=CC(C)(C)N=C1. The summed E-state index contributed by atoms with van der Waals surface area (Å²) in [5.74, 6) is 0. The maximum atomic E-state index is 4.33. The van der Waals surface area contributed by atoms with Gasteiger partial charge in [-0.3, -0.25) is 4.99 Å². The Hall–Kier alpha value is -0.790. The van der Waals surface area contributed by atoms with E-state index in [9.17, 15) is 0 Å². The van der Waals surface area contributed by atoms with Crippen LogP contribution < -0.4 is 0 Å². The topological polar surface area (TPSA) is 15.6 Å². The van der Waals surface area contributed by atoms with Gasteiger partial charge in [-0.2, -0.15) is 0 Å². The lowest BCUT2D eigenvalue weighted by Gasteiger charge is -2.23. The van der Waals surface area contributed by atoms with Crippen molar-refractivity contribution in [3.05, 3.63) is 12.3 Å². The van der Waals surface area contributed by atoms with Crippen LogP contribution in [0.2, 0.25) is 0 Å². The molecular formula is C10H20N2. The summed E-state index contributed by atoms with van der Waals surface area (Å²) in [6.45, 7) is 11.3. The summed E-state index contributed by atoms with van der Waals surface area (Å²) in [6, 6.07) is 0. The lowest BCUT2D eigenvalue weighted by atomic mass is 10.1. The zero-order chi connectivity index (χ0) is 9.61. The molecule has 1 aliphatic rings. The molecule has 1 rings (SSSR count). The molecule has 0 fully saturated rings. The second-order valence-corrected chi connectivity index (χ2v) is 3.04. The highest BCUT2D eigenvalue weighted by Gasteiger charge is 2.13. The Bertz CT molecular complexity index is 153. The van der Waals surface area contributed by atoms with Gasteiger partial charge in [-0.1, -0.05) is 13.8 Å². The Kier molecular flexibility index (Phi) is 4.64. The second-order valence-electron chi connectivity index (χ2n) is 3.04. The molecule has 0 spiro atoms. The summed E-state index contributed by atoms with van der Waals surface area (Å²) in [5, 5.41) is 0. The summed E-state index contributed by atoms with van der Waals surface area (Å²) in [6.07, 6.45) is 6.07. The third kappa shape index (κ3) is 3.56. The van der Waals surface area contributed by atoms with Crippen LogP contribution in [0.1, 0.15) is 34.6 Å². The number of rotatable bonds is 1. The van der Waals surface area contributed by atoms with E-state index in [0.717, 1.165) is 6.54 Å². The molecule has 0 bridgehead atoms. The molecule has 0 saturated carbocycles. The maximum absolute atomic E-state index is 4.33. The summed E-state index contributed by atoms with van der Waals surface area (Å²) in [4.78, 5) is 6.39. The molecule has 1 aliphatic heterocycles. The number of hydrogen-bond acceptors (Lipinski definition) is 2. The largest absolute Gasteiger partial charge is 0.340 e. The third-order valence-corrected chi connectivity index (χ3v) is 1.58. The zero-order valence-electron chi connectivity index (χ0n) is 8.83. The van der Waals surface area contributed by atoms with Crippen LogP contribution >= 0.6 is 0 Å². The van der Waals surface area contributed by atoms with Gasteiger partial charge in [0.15, 0.2) is 0 Å². The highest BCUT2D eigenvalue weighted by atomic mass is 15.2. The monoisotopic (exact) mass is 168 g/mol. The molecule has 2 heteroatoms. The second kappa shape index (κ2) is 4.96.